The van der Waals surface area contributed by atoms with E-state index in [1.807, 2.05) is 26.8 Å². The van der Waals surface area contributed by atoms with Gasteiger partial charge in [-0.05, 0) is 61.7 Å². The molecule has 3 nitrogen and oxygen atoms in total. The number of methoxy groups -OCH3 is 1. The Kier molecular flexibility index (Phi) is 4.63. The fraction of sp³-hybridized carbons (Fsp3) is 0.278. The third-order valence-corrected chi connectivity index (χ3v) is 3.63. The highest BCUT2D eigenvalue weighted by Crippen LogP contribution is 2.25. The minimum Gasteiger partial charge on any atom is -0.497 e. The van der Waals surface area contributed by atoms with E-state index in [-0.39, 0.29) is 12.4 Å². The summed E-state index contributed by atoms with van der Waals surface area (Å²) in [5.74, 6) is 1.49. The van der Waals surface area contributed by atoms with Crippen LogP contribution in [0.2, 0.25) is 0 Å². The minimum atomic E-state index is -0.0436. The number of aryl methyl sites for hydroxylation is 2. The molecule has 0 bridgehead atoms. The third kappa shape index (κ3) is 3.43. The molecule has 0 aliphatic carbocycles. The number of ketones is 1. The first-order chi connectivity index (χ1) is 10.0. The number of hydrogen-bond donors (Lipinski definition) is 0. The Morgan fingerprint density at radius 2 is 1.57 bits per heavy atom. The molecule has 0 heterocycles. The average molecular weight is 284 g/mol. The van der Waals surface area contributed by atoms with Crippen LogP contribution in [0.5, 0.6) is 11.5 Å². The van der Waals surface area contributed by atoms with E-state index in [2.05, 4.69) is 6.07 Å². The van der Waals surface area contributed by atoms with Crippen molar-refractivity contribution in [3.63, 3.8) is 0 Å². The van der Waals surface area contributed by atoms with Crippen molar-refractivity contribution in [3.05, 3.63) is 58.7 Å². The summed E-state index contributed by atoms with van der Waals surface area (Å²) >= 11 is 0. The molecule has 0 saturated heterocycles. The Bertz CT molecular complexity index is 642. The van der Waals surface area contributed by atoms with Crippen molar-refractivity contribution >= 4 is 5.78 Å². The van der Waals surface area contributed by atoms with E-state index in [1.54, 1.807) is 31.4 Å². The molecular weight excluding hydrogens is 264 g/mol. The maximum Gasteiger partial charge on any atom is 0.200 e. The van der Waals surface area contributed by atoms with E-state index in [1.165, 1.54) is 0 Å². The number of hydrogen-bond acceptors (Lipinski definition) is 3. The van der Waals surface area contributed by atoms with Gasteiger partial charge in [0.05, 0.1) is 7.11 Å². The SMILES string of the molecule is COc1ccc(C(=O)COc2c(C)ccc(C)c2C)cc1. The van der Waals surface area contributed by atoms with Gasteiger partial charge in [-0.15, -0.1) is 0 Å². The smallest absolute Gasteiger partial charge is 0.200 e. The summed E-state index contributed by atoms with van der Waals surface area (Å²) in [6, 6.07) is 11.1. The third-order valence-electron chi connectivity index (χ3n) is 3.63. The predicted molar refractivity (Wildman–Crippen MR) is 83.5 cm³/mol. The summed E-state index contributed by atoms with van der Waals surface area (Å²) in [6.45, 7) is 6.07. The van der Waals surface area contributed by atoms with Crippen LogP contribution in [0, 0.1) is 20.8 Å². The van der Waals surface area contributed by atoms with Crippen LogP contribution in [0.4, 0.5) is 0 Å². The highest BCUT2D eigenvalue weighted by atomic mass is 16.5. The maximum absolute atomic E-state index is 12.2. The molecule has 2 aromatic carbocycles. The lowest BCUT2D eigenvalue weighted by Crippen LogP contribution is -2.13. The Hall–Kier alpha value is -2.29. The van der Waals surface area contributed by atoms with E-state index in [4.69, 9.17) is 9.47 Å². The van der Waals surface area contributed by atoms with Crippen molar-refractivity contribution in [2.24, 2.45) is 0 Å². The fourth-order valence-electron chi connectivity index (χ4n) is 2.15. The number of carbonyl (C=O) groups excluding carboxylic acids is 1. The summed E-state index contributed by atoms with van der Waals surface area (Å²) < 4.78 is 10.8. The molecule has 0 aliphatic rings. The predicted octanol–water partition coefficient (Wildman–Crippen LogP) is 3.88. The van der Waals surface area contributed by atoms with Crippen LogP contribution in [0.3, 0.4) is 0 Å². The summed E-state index contributed by atoms with van der Waals surface area (Å²) in [4.78, 5) is 12.2. The largest absolute Gasteiger partial charge is 0.497 e. The zero-order chi connectivity index (χ0) is 15.4. The Labute approximate surface area is 125 Å². The van der Waals surface area contributed by atoms with E-state index in [9.17, 15) is 4.79 Å². The summed E-state index contributed by atoms with van der Waals surface area (Å²) in [5, 5.41) is 0. The van der Waals surface area contributed by atoms with Gasteiger partial charge in [0.2, 0.25) is 0 Å². The second-order valence-corrected chi connectivity index (χ2v) is 5.09. The van der Waals surface area contributed by atoms with Gasteiger partial charge in [-0.1, -0.05) is 12.1 Å². The normalized spacial score (nSPS) is 10.3. The molecule has 0 unspecified atom stereocenters. The molecule has 2 rings (SSSR count). The first kappa shape index (κ1) is 15.1. The highest BCUT2D eigenvalue weighted by molar-refractivity contribution is 5.97. The number of ether oxygens (including phenoxy) is 2. The van der Waals surface area contributed by atoms with Crippen LogP contribution in [0.1, 0.15) is 27.0 Å². The second kappa shape index (κ2) is 6.44. The van der Waals surface area contributed by atoms with Gasteiger partial charge in [0, 0.05) is 5.56 Å². The second-order valence-electron chi connectivity index (χ2n) is 5.09. The van der Waals surface area contributed by atoms with Crippen molar-refractivity contribution in [1.82, 2.24) is 0 Å². The summed E-state index contributed by atoms with van der Waals surface area (Å²) in [5.41, 5.74) is 3.91. The lowest BCUT2D eigenvalue weighted by molar-refractivity contribution is 0.0920. The van der Waals surface area contributed by atoms with E-state index in [0.29, 0.717) is 5.56 Å². The zero-order valence-electron chi connectivity index (χ0n) is 12.9. The van der Waals surface area contributed by atoms with Crippen molar-refractivity contribution in [2.75, 3.05) is 13.7 Å². The topological polar surface area (TPSA) is 35.5 Å². The van der Waals surface area contributed by atoms with Crippen LogP contribution in [-0.2, 0) is 0 Å². The van der Waals surface area contributed by atoms with Gasteiger partial charge in [-0.25, -0.2) is 0 Å². The van der Waals surface area contributed by atoms with Gasteiger partial charge in [-0.3, -0.25) is 4.79 Å². The Morgan fingerprint density at radius 3 is 2.19 bits per heavy atom. The van der Waals surface area contributed by atoms with Gasteiger partial charge in [0.15, 0.2) is 12.4 Å². The number of Topliss-reactive ketones (excluding diaryl/α,β-unsaturated/α-hetero) is 1. The lowest BCUT2D eigenvalue weighted by atomic mass is 10.1. The molecule has 21 heavy (non-hydrogen) atoms. The molecule has 0 saturated carbocycles. The van der Waals surface area contributed by atoms with Gasteiger partial charge in [0.25, 0.3) is 0 Å². The molecule has 2 aromatic rings. The summed E-state index contributed by atoms with van der Waals surface area (Å²) in [6.07, 6.45) is 0. The zero-order valence-corrected chi connectivity index (χ0v) is 12.9. The number of rotatable bonds is 5. The van der Waals surface area contributed by atoms with E-state index < -0.39 is 0 Å². The van der Waals surface area contributed by atoms with Crippen molar-refractivity contribution in [1.29, 1.82) is 0 Å². The number of carbonyl (C=O) groups is 1. The first-order valence-electron chi connectivity index (χ1n) is 6.89. The minimum absolute atomic E-state index is 0.0391. The van der Waals surface area contributed by atoms with Crippen LogP contribution in [0.25, 0.3) is 0 Å². The van der Waals surface area contributed by atoms with Crippen LogP contribution in [-0.4, -0.2) is 19.5 Å². The average Bonchev–Trinajstić information content (AvgIpc) is 2.51. The maximum atomic E-state index is 12.2. The molecule has 0 radical (unpaired) electrons. The highest BCUT2D eigenvalue weighted by Gasteiger charge is 2.11. The standard InChI is InChI=1S/C18H20O3/c1-12-5-6-13(2)18(14(12)3)21-11-17(19)15-7-9-16(20-4)10-8-15/h5-10H,11H2,1-4H3. The van der Waals surface area contributed by atoms with Crippen LogP contribution in [0.15, 0.2) is 36.4 Å². The molecule has 3 heteroatoms. The molecule has 0 aliphatic heterocycles. The van der Waals surface area contributed by atoms with Gasteiger partial charge < -0.3 is 9.47 Å². The van der Waals surface area contributed by atoms with Crippen molar-refractivity contribution in [2.45, 2.75) is 20.8 Å². The van der Waals surface area contributed by atoms with Gasteiger partial charge in [0.1, 0.15) is 11.5 Å². The Morgan fingerprint density at radius 1 is 0.952 bits per heavy atom. The molecule has 0 spiro atoms. The van der Waals surface area contributed by atoms with E-state index in [0.717, 1.165) is 28.2 Å². The first-order valence-corrected chi connectivity index (χ1v) is 6.89. The number of benzene rings is 2. The Balaban J connectivity index is 2.09. The molecule has 0 fully saturated rings. The monoisotopic (exact) mass is 284 g/mol. The lowest BCUT2D eigenvalue weighted by Gasteiger charge is -2.13. The fourth-order valence-corrected chi connectivity index (χ4v) is 2.15. The molecular formula is C18H20O3. The summed E-state index contributed by atoms with van der Waals surface area (Å²) in [7, 11) is 1.60. The molecule has 0 aromatic heterocycles. The molecule has 0 amide bonds. The van der Waals surface area contributed by atoms with Crippen LogP contribution < -0.4 is 9.47 Å². The molecule has 0 N–H and O–H groups in total. The van der Waals surface area contributed by atoms with Gasteiger partial charge >= 0.3 is 0 Å². The van der Waals surface area contributed by atoms with E-state index >= 15 is 0 Å². The van der Waals surface area contributed by atoms with Crippen LogP contribution >= 0.6 is 0 Å². The quantitative estimate of drug-likeness (QED) is 0.782. The molecule has 0 atom stereocenters. The molecule has 110 valence electrons. The van der Waals surface area contributed by atoms with Crippen molar-refractivity contribution < 1.29 is 14.3 Å². The van der Waals surface area contributed by atoms with Crippen molar-refractivity contribution in [3.8, 4) is 11.5 Å². The van der Waals surface area contributed by atoms with Gasteiger partial charge in [-0.2, -0.15) is 0 Å².